The van der Waals surface area contributed by atoms with Gasteiger partial charge < -0.3 is 5.32 Å². The Kier molecular flexibility index (Phi) is 5.93. The molecule has 1 heterocycles. The average Bonchev–Trinajstić information content (AvgIpc) is 2.49. The monoisotopic (exact) mass is 465 g/mol. The molecule has 0 aliphatic carbocycles. The molecule has 1 aromatic carbocycles. The van der Waals surface area contributed by atoms with Crippen LogP contribution in [0.3, 0.4) is 0 Å². The molecule has 0 saturated heterocycles. The van der Waals surface area contributed by atoms with Gasteiger partial charge >= 0.3 is 0 Å². The molecular formula is C14H13ClIN3O3S. The Bertz CT molecular complexity index is 826. The molecule has 0 aliphatic rings. The van der Waals surface area contributed by atoms with E-state index in [1.807, 2.05) is 12.1 Å². The molecule has 6 nitrogen and oxygen atoms in total. The highest BCUT2D eigenvalue weighted by atomic mass is 127. The molecule has 0 radical (unpaired) electrons. The van der Waals surface area contributed by atoms with Crippen molar-refractivity contribution >= 4 is 55.6 Å². The van der Waals surface area contributed by atoms with E-state index < -0.39 is 20.9 Å². The fraction of sp³-hybridized carbons (Fsp3) is 0.214. The van der Waals surface area contributed by atoms with Gasteiger partial charge in [0.25, 0.3) is 5.91 Å². The van der Waals surface area contributed by atoms with Crippen LogP contribution in [0.2, 0.25) is 5.02 Å². The van der Waals surface area contributed by atoms with Gasteiger partial charge in [0, 0.05) is 9.26 Å². The summed E-state index contributed by atoms with van der Waals surface area (Å²) in [7, 11) is -3.62. The van der Waals surface area contributed by atoms with Crippen LogP contribution in [-0.2, 0) is 9.84 Å². The highest BCUT2D eigenvalue weighted by molar-refractivity contribution is 14.1. The molecule has 1 amide bonds. The first-order valence-electron chi connectivity index (χ1n) is 6.65. The van der Waals surface area contributed by atoms with E-state index in [-0.39, 0.29) is 16.5 Å². The first kappa shape index (κ1) is 18.1. The van der Waals surface area contributed by atoms with Gasteiger partial charge in [0.2, 0.25) is 15.0 Å². The summed E-state index contributed by atoms with van der Waals surface area (Å²) in [6.45, 7) is 1.73. The minimum absolute atomic E-state index is 0.0107. The van der Waals surface area contributed by atoms with E-state index in [2.05, 4.69) is 37.9 Å². The number of hydrogen-bond donors (Lipinski definition) is 1. The fourth-order valence-corrected chi connectivity index (χ4v) is 3.44. The second-order valence-corrected chi connectivity index (χ2v) is 8.28. The van der Waals surface area contributed by atoms with Gasteiger partial charge in [-0.25, -0.2) is 18.4 Å². The first-order valence-corrected chi connectivity index (χ1v) is 9.76. The highest BCUT2D eigenvalue weighted by Gasteiger charge is 2.21. The van der Waals surface area contributed by atoms with E-state index in [4.69, 9.17) is 11.6 Å². The van der Waals surface area contributed by atoms with E-state index >= 15 is 0 Å². The molecule has 2 rings (SSSR count). The minimum Gasteiger partial charge on any atom is -0.321 e. The standard InChI is InChI=1S/C14H13ClIN3O3S/c1-2-7-23(21,22)14-17-8-11(15)12(19-14)13(20)18-10-5-3-9(16)4-6-10/h3-6,8H,2,7H2,1H3,(H,18,20). The molecule has 2 aromatic rings. The summed E-state index contributed by atoms with van der Waals surface area (Å²) in [5, 5.41) is 2.22. The average molecular weight is 466 g/mol. The number of sulfone groups is 1. The maximum Gasteiger partial charge on any atom is 0.275 e. The molecule has 0 bridgehead atoms. The van der Waals surface area contributed by atoms with E-state index in [0.29, 0.717) is 12.1 Å². The van der Waals surface area contributed by atoms with Crippen molar-refractivity contribution in [3.05, 3.63) is 44.7 Å². The molecule has 1 aromatic heterocycles. The second-order valence-electron chi connectivity index (χ2n) is 4.63. The minimum atomic E-state index is -3.62. The number of carbonyl (C=O) groups excluding carboxylic acids is 1. The van der Waals surface area contributed by atoms with Gasteiger partial charge in [0.1, 0.15) is 0 Å². The zero-order chi connectivity index (χ0) is 17.0. The number of benzene rings is 1. The maximum atomic E-state index is 12.3. The van der Waals surface area contributed by atoms with Crippen molar-refractivity contribution in [1.82, 2.24) is 9.97 Å². The normalized spacial score (nSPS) is 11.3. The number of anilines is 1. The molecule has 122 valence electrons. The first-order chi connectivity index (χ1) is 10.8. The lowest BCUT2D eigenvalue weighted by molar-refractivity contribution is 0.102. The van der Waals surface area contributed by atoms with Crippen molar-refractivity contribution in [2.75, 3.05) is 11.1 Å². The molecule has 0 saturated carbocycles. The molecule has 0 unspecified atom stereocenters. The van der Waals surface area contributed by atoms with Crippen molar-refractivity contribution in [2.45, 2.75) is 18.5 Å². The van der Waals surface area contributed by atoms with Crippen LogP contribution < -0.4 is 5.32 Å². The number of rotatable bonds is 5. The molecule has 23 heavy (non-hydrogen) atoms. The molecule has 0 aliphatic heterocycles. The molecule has 0 fully saturated rings. The van der Waals surface area contributed by atoms with Gasteiger partial charge in [0.05, 0.1) is 17.0 Å². The van der Waals surface area contributed by atoms with Crippen LogP contribution in [0.4, 0.5) is 5.69 Å². The zero-order valence-corrected chi connectivity index (χ0v) is 15.8. The molecule has 0 spiro atoms. The van der Waals surface area contributed by atoms with Crippen LogP contribution in [0, 0.1) is 3.57 Å². The number of amides is 1. The van der Waals surface area contributed by atoms with Crippen molar-refractivity contribution in [3.63, 3.8) is 0 Å². The smallest absolute Gasteiger partial charge is 0.275 e. The van der Waals surface area contributed by atoms with E-state index in [1.165, 1.54) is 0 Å². The summed E-state index contributed by atoms with van der Waals surface area (Å²) in [4.78, 5) is 19.8. The Morgan fingerprint density at radius 2 is 1.96 bits per heavy atom. The van der Waals surface area contributed by atoms with Crippen LogP contribution in [0.5, 0.6) is 0 Å². The van der Waals surface area contributed by atoms with Crippen LogP contribution in [-0.4, -0.2) is 30.0 Å². The predicted octanol–water partition coefficient (Wildman–Crippen LogP) is 3.17. The van der Waals surface area contributed by atoms with Gasteiger partial charge in [-0.1, -0.05) is 18.5 Å². The molecular weight excluding hydrogens is 453 g/mol. The Balaban J connectivity index is 2.31. The Morgan fingerprint density at radius 3 is 2.57 bits per heavy atom. The van der Waals surface area contributed by atoms with E-state index in [1.54, 1.807) is 19.1 Å². The van der Waals surface area contributed by atoms with E-state index in [0.717, 1.165) is 9.77 Å². The van der Waals surface area contributed by atoms with Crippen molar-refractivity contribution in [3.8, 4) is 0 Å². The van der Waals surface area contributed by atoms with Gasteiger partial charge in [-0.2, -0.15) is 0 Å². The van der Waals surface area contributed by atoms with Gasteiger partial charge in [-0.3, -0.25) is 4.79 Å². The lowest BCUT2D eigenvalue weighted by Crippen LogP contribution is -2.18. The topological polar surface area (TPSA) is 89.0 Å². The number of nitrogens with one attached hydrogen (secondary N) is 1. The van der Waals surface area contributed by atoms with Gasteiger partial charge in [0.15, 0.2) is 5.69 Å². The summed E-state index contributed by atoms with van der Waals surface area (Å²) in [6, 6.07) is 7.11. The summed E-state index contributed by atoms with van der Waals surface area (Å²) < 4.78 is 25.0. The van der Waals surface area contributed by atoms with Crippen molar-refractivity contribution in [2.24, 2.45) is 0 Å². The quantitative estimate of drug-likeness (QED) is 0.541. The largest absolute Gasteiger partial charge is 0.321 e. The lowest BCUT2D eigenvalue weighted by atomic mass is 10.3. The number of aromatic nitrogens is 2. The molecule has 9 heteroatoms. The van der Waals surface area contributed by atoms with Crippen LogP contribution in [0.25, 0.3) is 0 Å². The Hall–Kier alpha value is -1.26. The summed E-state index contributed by atoms with van der Waals surface area (Å²) >= 11 is 8.07. The number of nitrogens with zero attached hydrogens (tertiary/aromatic N) is 2. The second kappa shape index (κ2) is 7.54. The van der Waals surface area contributed by atoms with Crippen LogP contribution >= 0.6 is 34.2 Å². The predicted molar refractivity (Wildman–Crippen MR) is 96.5 cm³/mol. The maximum absolute atomic E-state index is 12.3. The summed E-state index contributed by atoms with van der Waals surface area (Å²) in [5.74, 6) is -0.682. The van der Waals surface area contributed by atoms with Gasteiger partial charge in [-0.05, 0) is 53.3 Å². The Morgan fingerprint density at radius 1 is 1.30 bits per heavy atom. The summed E-state index contributed by atoms with van der Waals surface area (Å²) in [5.41, 5.74) is 0.387. The van der Waals surface area contributed by atoms with Crippen LogP contribution in [0.15, 0.2) is 35.6 Å². The molecule has 1 N–H and O–H groups in total. The third-order valence-electron chi connectivity index (χ3n) is 2.79. The van der Waals surface area contributed by atoms with Gasteiger partial charge in [-0.15, -0.1) is 0 Å². The lowest BCUT2D eigenvalue weighted by Gasteiger charge is -2.08. The van der Waals surface area contributed by atoms with E-state index in [9.17, 15) is 13.2 Å². The Labute approximate surface area is 152 Å². The number of carbonyl (C=O) groups is 1. The number of hydrogen-bond acceptors (Lipinski definition) is 5. The van der Waals surface area contributed by atoms with Crippen molar-refractivity contribution < 1.29 is 13.2 Å². The molecule has 0 atom stereocenters. The SMILES string of the molecule is CCCS(=O)(=O)c1ncc(Cl)c(C(=O)Nc2ccc(I)cc2)n1. The summed E-state index contributed by atoms with van der Waals surface area (Å²) in [6.07, 6.45) is 1.55. The number of halogens is 2. The highest BCUT2D eigenvalue weighted by Crippen LogP contribution is 2.18. The van der Waals surface area contributed by atoms with Crippen LogP contribution in [0.1, 0.15) is 23.8 Å². The third kappa shape index (κ3) is 4.61. The third-order valence-corrected chi connectivity index (χ3v) is 5.48. The fourth-order valence-electron chi connectivity index (χ4n) is 1.74. The zero-order valence-electron chi connectivity index (χ0n) is 12.1. The van der Waals surface area contributed by atoms with Crippen molar-refractivity contribution in [1.29, 1.82) is 0 Å².